The summed E-state index contributed by atoms with van der Waals surface area (Å²) in [7, 11) is 0. The van der Waals surface area contributed by atoms with E-state index < -0.39 is 0 Å². The molecule has 1 aliphatic rings. The van der Waals surface area contributed by atoms with Crippen LogP contribution in [0, 0.1) is 0 Å². The summed E-state index contributed by atoms with van der Waals surface area (Å²) in [5, 5.41) is 7.73. The van der Waals surface area contributed by atoms with Gasteiger partial charge in [-0.05, 0) is 18.2 Å². The number of carbonyl (C=O) groups excluding carboxylic acids is 2. The lowest BCUT2D eigenvalue weighted by atomic mass is 10.3. The predicted molar refractivity (Wildman–Crippen MR) is 77.8 cm³/mol. The standard InChI is InChI=1S/C13H13BrN5O3/c14-10-2-1-3-11(8-10)18-12(9-20)19(16-15-18)13(21)17-4-6-22-7-5-17/h1-3,8-9H,4-7H2/q+1. The summed E-state index contributed by atoms with van der Waals surface area (Å²) in [6.45, 7) is 1.88. The summed E-state index contributed by atoms with van der Waals surface area (Å²) in [4.78, 5) is 25.4. The summed E-state index contributed by atoms with van der Waals surface area (Å²) in [6, 6.07) is 6.84. The average Bonchev–Trinajstić information content (AvgIpc) is 2.99. The molecule has 0 saturated carbocycles. The molecule has 1 aromatic heterocycles. The highest BCUT2D eigenvalue weighted by molar-refractivity contribution is 9.10. The first-order chi connectivity index (χ1) is 10.7. The Morgan fingerprint density at radius 3 is 2.82 bits per heavy atom. The number of amides is 1. The lowest BCUT2D eigenvalue weighted by Gasteiger charge is -2.23. The Hall–Kier alpha value is -2.13. The normalized spacial score (nSPS) is 14.9. The van der Waals surface area contributed by atoms with E-state index in [1.807, 2.05) is 12.1 Å². The Morgan fingerprint density at radius 1 is 1.36 bits per heavy atom. The van der Waals surface area contributed by atoms with Gasteiger partial charge in [-0.1, -0.05) is 26.7 Å². The number of ether oxygens (including phenoxy) is 1. The van der Waals surface area contributed by atoms with Crippen LogP contribution in [0.2, 0.25) is 0 Å². The van der Waals surface area contributed by atoms with Gasteiger partial charge >= 0.3 is 11.9 Å². The van der Waals surface area contributed by atoms with E-state index in [0.29, 0.717) is 38.3 Å². The molecule has 1 aromatic carbocycles. The van der Waals surface area contributed by atoms with E-state index in [0.717, 1.165) is 9.15 Å². The molecular formula is C13H13BrN5O3+. The third-order valence-electron chi connectivity index (χ3n) is 3.27. The summed E-state index contributed by atoms with van der Waals surface area (Å²) in [6.07, 6.45) is 0.569. The quantitative estimate of drug-likeness (QED) is 0.437. The molecule has 22 heavy (non-hydrogen) atoms. The lowest BCUT2D eigenvalue weighted by molar-refractivity contribution is -0.662. The van der Waals surface area contributed by atoms with Crippen molar-refractivity contribution in [2.45, 2.75) is 0 Å². The van der Waals surface area contributed by atoms with Crippen LogP contribution >= 0.6 is 15.9 Å². The number of carbonyl (C=O) groups is 2. The minimum Gasteiger partial charge on any atom is -0.378 e. The molecule has 0 radical (unpaired) electrons. The fourth-order valence-corrected chi connectivity index (χ4v) is 2.56. The number of benzene rings is 1. The van der Waals surface area contributed by atoms with Crippen molar-refractivity contribution < 1.29 is 19.0 Å². The van der Waals surface area contributed by atoms with E-state index in [1.54, 1.807) is 17.0 Å². The molecule has 2 aromatic rings. The van der Waals surface area contributed by atoms with Gasteiger partial charge in [0.1, 0.15) is 10.9 Å². The molecule has 8 nitrogen and oxygen atoms in total. The third kappa shape index (κ3) is 2.77. The molecule has 1 saturated heterocycles. The molecule has 114 valence electrons. The van der Waals surface area contributed by atoms with Crippen LogP contribution in [0.3, 0.4) is 0 Å². The van der Waals surface area contributed by atoms with Crippen LogP contribution in [-0.2, 0) is 4.74 Å². The molecule has 0 bridgehead atoms. The second-order valence-electron chi connectivity index (χ2n) is 4.64. The van der Waals surface area contributed by atoms with Gasteiger partial charge in [0.2, 0.25) is 6.29 Å². The van der Waals surface area contributed by atoms with Gasteiger partial charge in [-0.15, -0.1) is 0 Å². The summed E-state index contributed by atoms with van der Waals surface area (Å²) in [5.74, 6) is 0.0644. The molecule has 0 aliphatic carbocycles. The Morgan fingerprint density at radius 2 is 2.14 bits per heavy atom. The van der Waals surface area contributed by atoms with Crippen molar-refractivity contribution in [3.05, 3.63) is 34.6 Å². The van der Waals surface area contributed by atoms with E-state index in [-0.39, 0.29) is 11.9 Å². The van der Waals surface area contributed by atoms with Crippen LogP contribution in [-0.4, -0.2) is 58.6 Å². The Bertz CT molecular complexity index is 711. The van der Waals surface area contributed by atoms with Crippen LogP contribution in [0.15, 0.2) is 28.7 Å². The highest BCUT2D eigenvalue weighted by Crippen LogP contribution is 2.11. The molecule has 9 heteroatoms. The summed E-state index contributed by atoms with van der Waals surface area (Å²) >= 11 is 3.36. The zero-order chi connectivity index (χ0) is 15.5. The zero-order valence-corrected chi connectivity index (χ0v) is 13.1. The highest BCUT2D eigenvalue weighted by atomic mass is 79.9. The minimum absolute atomic E-state index is 0.0644. The van der Waals surface area contributed by atoms with Gasteiger partial charge in [-0.2, -0.15) is 0 Å². The number of rotatable bonds is 2. The van der Waals surface area contributed by atoms with Crippen LogP contribution in [0.5, 0.6) is 0 Å². The minimum atomic E-state index is -0.383. The van der Waals surface area contributed by atoms with Crippen LogP contribution in [0.25, 0.3) is 5.69 Å². The first-order valence-corrected chi connectivity index (χ1v) is 7.46. The lowest BCUT2D eigenvalue weighted by Crippen LogP contribution is -2.45. The van der Waals surface area contributed by atoms with Gasteiger partial charge < -0.3 is 9.64 Å². The van der Waals surface area contributed by atoms with Gasteiger partial charge in [0, 0.05) is 22.2 Å². The Labute approximate surface area is 134 Å². The predicted octanol–water partition coefficient (Wildman–Crippen LogP) is 0.430. The van der Waals surface area contributed by atoms with Gasteiger partial charge in [0.15, 0.2) is 5.21 Å². The molecule has 0 atom stereocenters. The van der Waals surface area contributed by atoms with Crippen LogP contribution in [0.1, 0.15) is 10.6 Å². The van der Waals surface area contributed by atoms with Crippen molar-refractivity contribution in [1.82, 2.24) is 20.0 Å². The number of tetrazole rings is 1. The third-order valence-corrected chi connectivity index (χ3v) is 3.77. The maximum atomic E-state index is 12.4. The second-order valence-corrected chi connectivity index (χ2v) is 5.56. The molecular weight excluding hydrogens is 354 g/mol. The number of nitrogens with zero attached hydrogens (tertiary/aromatic N) is 5. The van der Waals surface area contributed by atoms with Gasteiger partial charge in [-0.3, -0.25) is 4.79 Å². The maximum Gasteiger partial charge on any atom is 0.421 e. The fourth-order valence-electron chi connectivity index (χ4n) is 2.18. The van der Waals surface area contributed by atoms with Crippen molar-refractivity contribution in [2.75, 3.05) is 26.3 Å². The Balaban J connectivity index is 1.96. The summed E-state index contributed by atoms with van der Waals surface area (Å²) in [5.41, 5.74) is 0.637. The van der Waals surface area contributed by atoms with E-state index in [4.69, 9.17) is 4.74 Å². The number of aldehydes is 1. The van der Waals surface area contributed by atoms with E-state index >= 15 is 0 Å². The SMILES string of the molecule is O=Cc1n(C(=O)N2CCOCC2)nn[n+]1-c1cccc(Br)c1. The monoisotopic (exact) mass is 366 g/mol. The molecule has 1 amide bonds. The zero-order valence-electron chi connectivity index (χ0n) is 11.6. The average molecular weight is 367 g/mol. The van der Waals surface area contributed by atoms with E-state index in [9.17, 15) is 9.59 Å². The molecule has 0 spiro atoms. The van der Waals surface area contributed by atoms with Crippen molar-refractivity contribution in [3.8, 4) is 5.69 Å². The first-order valence-electron chi connectivity index (χ1n) is 6.67. The van der Waals surface area contributed by atoms with E-state index in [1.165, 1.54) is 4.68 Å². The summed E-state index contributed by atoms with van der Waals surface area (Å²) < 4.78 is 8.39. The van der Waals surface area contributed by atoms with Crippen LogP contribution in [0.4, 0.5) is 4.79 Å². The Kier molecular flexibility index (Phi) is 4.25. The van der Waals surface area contributed by atoms with Gasteiger partial charge in [0.05, 0.1) is 13.2 Å². The number of aromatic nitrogens is 4. The van der Waals surface area contributed by atoms with Crippen LogP contribution < -0.4 is 4.68 Å². The number of morpholine rings is 1. The maximum absolute atomic E-state index is 12.4. The second kappa shape index (κ2) is 6.32. The first kappa shape index (κ1) is 14.8. The smallest absolute Gasteiger partial charge is 0.378 e. The molecule has 0 N–H and O–H groups in total. The van der Waals surface area contributed by atoms with Gasteiger partial charge in [0.25, 0.3) is 0 Å². The van der Waals surface area contributed by atoms with Crippen molar-refractivity contribution in [1.29, 1.82) is 0 Å². The van der Waals surface area contributed by atoms with E-state index in [2.05, 4.69) is 26.4 Å². The molecule has 3 rings (SSSR count). The molecule has 0 unspecified atom stereocenters. The molecule has 1 fully saturated rings. The van der Waals surface area contributed by atoms with Crippen molar-refractivity contribution >= 4 is 28.2 Å². The molecule has 1 aliphatic heterocycles. The van der Waals surface area contributed by atoms with Crippen molar-refractivity contribution in [2.24, 2.45) is 0 Å². The highest BCUT2D eigenvalue weighted by Gasteiger charge is 2.32. The topological polar surface area (TPSA) is 81.2 Å². The fraction of sp³-hybridized carbons (Fsp3) is 0.308. The van der Waals surface area contributed by atoms with Crippen molar-refractivity contribution in [3.63, 3.8) is 0 Å². The van der Waals surface area contributed by atoms with Gasteiger partial charge in [-0.25, -0.2) is 4.79 Å². The molecule has 2 heterocycles. The number of hydrogen-bond acceptors (Lipinski definition) is 5. The number of hydrogen-bond donors (Lipinski definition) is 0. The largest absolute Gasteiger partial charge is 0.421 e. The number of halogens is 1.